The second-order valence-electron chi connectivity index (χ2n) is 7.80. The molecule has 5 rings (SSSR count). The number of phenolic OH excluding ortho intramolecular Hbond substituents is 2. The number of hydrogen-bond acceptors (Lipinski definition) is 2. The van der Waals surface area contributed by atoms with E-state index in [0.717, 1.165) is 33.5 Å². The summed E-state index contributed by atoms with van der Waals surface area (Å²) < 4.78 is 0. The minimum Gasteiger partial charge on any atom is -0.507 e. The van der Waals surface area contributed by atoms with Gasteiger partial charge in [0.2, 0.25) is 0 Å². The molecule has 30 heavy (non-hydrogen) atoms. The van der Waals surface area contributed by atoms with Crippen LogP contribution in [-0.2, 0) is 12.8 Å². The molecule has 0 saturated carbocycles. The van der Waals surface area contributed by atoms with Crippen LogP contribution in [-0.4, -0.2) is 10.2 Å². The maximum atomic E-state index is 10.6. The van der Waals surface area contributed by atoms with Gasteiger partial charge >= 0.3 is 0 Å². The Kier molecular flexibility index (Phi) is 4.61. The van der Waals surface area contributed by atoms with Gasteiger partial charge in [-0.15, -0.1) is 0 Å². The fourth-order valence-corrected chi connectivity index (χ4v) is 4.09. The molecule has 2 N–H and O–H groups in total. The SMILES string of the molecule is Oc1cccc2ccc(Cc3ccc(Cc4ccc5ccccc5c4O)cc3)cc12. The topological polar surface area (TPSA) is 40.5 Å². The summed E-state index contributed by atoms with van der Waals surface area (Å²) in [5.74, 6) is 0.688. The van der Waals surface area contributed by atoms with Crippen molar-refractivity contribution in [3.8, 4) is 11.5 Å². The van der Waals surface area contributed by atoms with Crippen molar-refractivity contribution >= 4 is 21.5 Å². The third-order valence-corrected chi connectivity index (χ3v) is 5.73. The predicted molar refractivity (Wildman–Crippen MR) is 123 cm³/mol. The lowest BCUT2D eigenvalue weighted by molar-refractivity contribution is 0.476. The molecule has 0 unspecified atom stereocenters. The number of benzene rings is 5. The van der Waals surface area contributed by atoms with E-state index < -0.39 is 0 Å². The molecule has 0 saturated heterocycles. The number of hydrogen-bond donors (Lipinski definition) is 2. The molecular formula is C28H22O2. The van der Waals surface area contributed by atoms with Crippen LogP contribution in [0.25, 0.3) is 21.5 Å². The first kappa shape index (κ1) is 18.3. The van der Waals surface area contributed by atoms with Crippen LogP contribution in [0, 0.1) is 0 Å². The fraction of sp³-hybridized carbons (Fsp3) is 0.0714. The first-order valence-corrected chi connectivity index (χ1v) is 10.2. The van der Waals surface area contributed by atoms with Crippen LogP contribution in [0.5, 0.6) is 11.5 Å². The van der Waals surface area contributed by atoms with Gasteiger partial charge in [0.25, 0.3) is 0 Å². The van der Waals surface area contributed by atoms with E-state index in [2.05, 4.69) is 48.5 Å². The molecular weight excluding hydrogens is 368 g/mol. The van der Waals surface area contributed by atoms with Crippen molar-refractivity contribution in [1.29, 1.82) is 0 Å². The molecule has 0 heterocycles. The minimum absolute atomic E-state index is 0.319. The summed E-state index contributed by atoms with van der Waals surface area (Å²) in [5.41, 5.74) is 4.49. The summed E-state index contributed by atoms with van der Waals surface area (Å²) in [6.45, 7) is 0. The molecule has 2 nitrogen and oxygen atoms in total. The van der Waals surface area contributed by atoms with Crippen molar-refractivity contribution in [2.75, 3.05) is 0 Å². The Balaban J connectivity index is 1.36. The van der Waals surface area contributed by atoms with Gasteiger partial charge < -0.3 is 10.2 Å². The van der Waals surface area contributed by atoms with E-state index in [1.54, 1.807) is 6.07 Å². The Morgan fingerprint density at radius 2 is 1.13 bits per heavy atom. The highest BCUT2D eigenvalue weighted by molar-refractivity contribution is 5.89. The molecule has 0 aliphatic heterocycles. The van der Waals surface area contributed by atoms with Gasteiger partial charge in [-0.3, -0.25) is 0 Å². The summed E-state index contributed by atoms with van der Waals surface area (Å²) in [5, 5.41) is 24.6. The molecule has 5 aromatic carbocycles. The van der Waals surface area contributed by atoms with Gasteiger partial charge in [-0.25, -0.2) is 0 Å². The predicted octanol–water partition coefficient (Wildman–Crippen LogP) is 6.59. The molecule has 0 amide bonds. The summed E-state index contributed by atoms with van der Waals surface area (Å²) >= 11 is 0. The molecule has 0 aliphatic carbocycles. The van der Waals surface area contributed by atoms with Gasteiger partial charge in [0.05, 0.1) is 0 Å². The minimum atomic E-state index is 0.319. The van der Waals surface area contributed by atoms with E-state index in [1.165, 1.54) is 16.7 Å². The average Bonchev–Trinajstić information content (AvgIpc) is 2.78. The summed E-state index contributed by atoms with van der Waals surface area (Å²) in [7, 11) is 0. The van der Waals surface area contributed by atoms with E-state index in [9.17, 15) is 10.2 Å². The molecule has 146 valence electrons. The van der Waals surface area contributed by atoms with Gasteiger partial charge in [0.15, 0.2) is 0 Å². The van der Waals surface area contributed by atoms with Gasteiger partial charge in [-0.05, 0) is 51.6 Å². The molecule has 0 aromatic heterocycles. The van der Waals surface area contributed by atoms with E-state index >= 15 is 0 Å². The van der Waals surface area contributed by atoms with Crippen molar-refractivity contribution in [1.82, 2.24) is 0 Å². The summed E-state index contributed by atoms with van der Waals surface area (Å²) in [6.07, 6.45) is 1.51. The van der Waals surface area contributed by atoms with Crippen molar-refractivity contribution in [3.63, 3.8) is 0 Å². The standard InChI is InChI=1S/C28H22O2/c29-27-7-3-5-23-13-12-21(18-26(23)27)16-19-8-10-20(11-9-19)17-24-15-14-22-4-1-2-6-25(22)28(24)30/h1-15,18,29-30H,16-17H2. The molecule has 2 heteroatoms. The van der Waals surface area contributed by atoms with E-state index in [-0.39, 0.29) is 0 Å². The Bertz CT molecular complexity index is 1350. The second-order valence-corrected chi connectivity index (χ2v) is 7.80. The number of rotatable bonds is 4. The molecule has 0 bridgehead atoms. The van der Waals surface area contributed by atoms with E-state index in [1.807, 2.05) is 42.5 Å². The zero-order chi connectivity index (χ0) is 20.5. The molecule has 0 spiro atoms. The quantitative estimate of drug-likeness (QED) is 0.364. The lowest BCUT2D eigenvalue weighted by Gasteiger charge is -2.09. The Morgan fingerprint density at radius 3 is 1.97 bits per heavy atom. The maximum Gasteiger partial charge on any atom is 0.126 e. The van der Waals surface area contributed by atoms with Gasteiger partial charge in [0.1, 0.15) is 11.5 Å². The number of phenols is 2. The highest BCUT2D eigenvalue weighted by Gasteiger charge is 2.08. The maximum absolute atomic E-state index is 10.6. The summed E-state index contributed by atoms with van der Waals surface area (Å²) in [4.78, 5) is 0. The molecule has 0 fully saturated rings. The van der Waals surface area contributed by atoms with Gasteiger partial charge in [0, 0.05) is 17.2 Å². The number of aromatic hydroxyl groups is 2. The molecule has 5 aromatic rings. The Hall–Kier alpha value is -3.78. The van der Waals surface area contributed by atoms with Crippen molar-refractivity contribution in [3.05, 3.63) is 119 Å². The van der Waals surface area contributed by atoms with Crippen LogP contribution in [0.4, 0.5) is 0 Å². The highest BCUT2D eigenvalue weighted by Crippen LogP contribution is 2.30. The van der Waals surface area contributed by atoms with Crippen molar-refractivity contribution in [2.45, 2.75) is 12.8 Å². The van der Waals surface area contributed by atoms with Gasteiger partial charge in [-0.2, -0.15) is 0 Å². The van der Waals surface area contributed by atoms with E-state index in [4.69, 9.17) is 0 Å². The largest absolute Gasteiger partial charge is 0.507 e. The van der Waals surface area contributed by atoms with Crippen molar-refractivity contribution in [2.24, 2.45) is 0 Å². The lowest BCUT2D eigenvalue weighted by atomic mass is 9.97. The van der Waals surface area contributed by atoms with Crippen LogP contribution in [0.1, 0.15) is 22.3 Å². The van der Waals surface area contributed by atoms with Crippen LogP contribution in [0.15, 0.2) is 97.1 Å². The van der Waals surface area contributed by atoms with Gasteiger partial charge in [-0.1, -0.05) is 84.9 Å². The molecule has 0 atom stereocenters. The Labute approximate surface area is 175 Å². The zero-order valence-electron chi connectivity index (χ0n) is 16.5. The van der Waals surface area contributed by atoms with Crippen LogP contribution in [0.3, 0.4) is 0 Å². The monoisotopic (exact) mass is 390 g/mol. The third kappa shape index (κ3) is 3.48. The van der Waals surface area contributed by atoms with Crippen LogP contribution in [0.2, 0.25) is 0 Å². The Morgan fingerprint density at radius 1 is 0.500 bits per heavy atom. The van der Waals surface area contributed by atoms with Crippen LogP contribution < -0.4 is 0 Å². The zero-order valence-corrected chi connectivity index (χ0v) is 16.5. The highest BCUT2D eigenvalue weighted by atomic mass is 16.3. The van der Waals surface area contributed by atoms with E-state index in [0.29, 0.717) is 17.9 Å². The normalized spacial score (nSPS) is 11.2. The third-order valence-electron chi connectivity index (χ3n) is 5.73. The lowest BCUT2D eigenvalue weighted by Crippen LogP contribution is -1.92. The summed E-state index contributed by atoms with van der Waals surface area (Å²) in [6, 6.07) is 32.3. The van der Waals surface area contributed by atoms with Crippen molar-refractivity contribution < 1.29 is 10.2 Å². The fourth-order valence-electron chi connectivity index (χ4n) is 4.09. The first-order valence-electron chi connectivity index (χ1n) is 10.2. The molecule has 0 aliphatic rings. The second kappa shape index (κ2) is 7.57. The first-order chi connectivity index (χ1) is 14.7. The average molecular weight is 390 g/mol. The number of fused-ring (bicyclic) bond motifs is 2. The molecule has 0 radical (unpaired) electrons. The smallest absolute Gasteiger partial charge is 0.126 e. The van der Waals surface area contributed by atoms with Crippen LogP contribution >= 0.6 is 0 Å².